The predicted molar refractivity (Wildman–Crippen MR) is 60.8 cm³/mol. The smallest absolute Gasteiger partial charge is 0.126 e. The average Bonchev–Trinajstić information content (AvgIpc) is 1.99. The molecule has 1 aromatic rings. The molecule has 0 aliphatic rings. The maximum absolute atomic E-state index is 13.0. The first-order chi connectivity index (χ1) is 6.79. The maximum atomic E-state index is 13.0. The molecule has 0 fully saturated rings. The van der Waals surface area contributed by atoms with Gasteiger partial charge in [-0.05, 0) is 39.0 Å². The molecule has 0 spiro atoms. The highest BCUT2D eigenvalue weighted by molar-refractivity contribution is 6.30. The lowest BCUT2D eigenvalue weighted by Crippen LogP contribution is -2.39. The summed E-state index contributed by atoms with van der Waals surface area (Å²) in [6.07, 6.45) is 0. The third kappa shape index (κ3) is 3.68. The fraction of sp³-hybridized carbons (Fsp3) is 0.455. The Labute approximate surface area is 94.1 Å². The van der Waals surface area contributed by atoms with Crippen molar-refractivity contribution in [2.75, 3.05) is 5.32 Å². The van der Waals surface area contributed by atoms with Gasteiger partial charge in [-0.2, -0.15) is 0 Å². The Morgan fingerprint density at radius 1 is 1.40 bits per heavy atom. The van der Waals surface area contributed by atoms with Gasteiger partial charge < -0.3 is 10.4 Å². The minimum atomic E-state index is -0.876. The van der Waals surface area contributed by atoms with E-state index in [1.165, 1.54) is 12.1 Å². The molecule has 15 heavy (non-hydrogen) atoms. The fourth-order valence-corrected chi connectivity index (χ4v) is 1.29. The Kier molecular flexibility index (Phi) is 3.58. The predicted octanol–water partition coefficient (Wildman–Crippen LogP) is 3.05. The molecule has 1 atom stereocenters. The van der Waals surface area contributed by atoms with Gasteiger partial charge in [0.25, 0.3) is 0 Å². The van der Waals surface area contributed by atoms with Crippen LogP contribution in [-0.2, 0) is 0 Å². The quantitative estimate of drug-likeness (QED) is 0.838. The van der Waals surface area contributed by atoms with Gasteiger partial charge in [-0.15, -0.1) is 0 Å². The highest BCUT2D eigenvalue weighted by Crippen LogP contribution is 2.21. The molecule has 4 heteroatoms. The van der Waals surface area contributed by atoms with E-state index in [2.05, 4.69) is 5.32 Å². The van der Waals surface area contributed by atoms with Gasteiger partial charge in [0.2, 0.25) is 0 Å². The SMILES string of the molecule is CC(Nc1cc(F)cc(Cl)c1)C(C)(C)O. The number of benzene rings is 1. The summed E-state index contributed by atoms with van der Waals surface area (Å²) in [5.74, 6) is -0.395. The van der Waals surface area contributed by atoms with Crippen LogP contribution in [0.5, 0.6) is 0 Å². The summed E-state index contributed by atoms with van der Waals surface area (Å²) in [5.41, 5.74) is -0.312. The monoisotopic (exact) mass is 231 g/mol. The number of anilines is 1. The Morgan fingerprint density at radius 3 is 2.47 bits per heavy atom. The van der Waals surface area contributed by atoms with Crippen LogP contribution in [0.4, 0.5) is 10.1 Å². The number of nitrogens with one attached hydrogen (secondary N) is 1. The molecule has 0 bridgehead atoms. The lowest BCUT2D eigenvalue weighted by atomic mass is 10.0. The molecule has 0 radical (unpaired) electrons. The summed E-state index contributed by atoms with van der Waals surface area (Å²) in [7, 11) is 0. The van der Waals surface area contributed by atoms with E-state index in [4.69, 9.17) is 11.6 Å². The number of hydrogen-bond donors (Lipinski definition) is 2. The van der Waals surface area contributed by atoms with Crippen LogP contribution in [0.2, 0.25) is 5.02 Å². The summed E-state index contributed by atoms with van der Waals surface area (Å²) >= 11 is 5.71. The standard InChI is InChI=1S/C11H15ClFNO/c1-7(11(2,3)15)14-10-5-8(12)4-9(13)6-10/h4-7,14-15H,1-3H3. The normalized spacial score (nSPS) is 13.7. The average molecular weight is 232 g/mol. The topological polar surface area (TPSA) is 32.3 Å². The zero-order valence-electron chi connectivity index (χ0n) is 9.01. The minimum Gasteiger partial charge on any atom is -0.388 e. The highest BCUT2D eigenvalue weighted by Gasteiger charge is 2.22. The minimum absolute atomic E-state index is 0.199. The molecule has 0 aliphatic carbocycles. The van der Waals surface area contributed by atoms with Crippen LogP contribution in [-0.4, -0.2) is 16.7 Å². The number of halogens is 2. The van der Waals surface area contributed by atoms with Crippen molar-refractivity contribution in [3.8, 4) is 0 Å². The van der Waals surface area contributed by atoms with Crippen LogP contribution in [0.15, 0.2) is 18.2 Å². The van der Waals surface area contributed by atoms with Crippen molar-refractivity contribution in [2.24, 2.45) is 0 Å². The second-order valence-electron chi connectivity index (χ2n) is 4.18. The molecule has 0 aliphatic heterocycles. The van der Waals surface area contributed by atoms with Crippen molar-refractivity contribution in [3.63, 3.8) is 0 Å². The van der Waals surface area contributed by atoms with Crippen LogP contribution in [0, 0.1) is 5.82 Å². The Balaban J connectivity index is 2.81. The largest absolute Gasteiger partial charge is 0.388 e. The van der Waals surface area contributed by atoms with Gasteiger partial charge >= 0.3 is 0 Å². The molecule has 0 amide bonds. The molecular formula is C11H15ClFNO. The van der Waals surface area contributed by atoms with Gasteiger partial charge in [-0.3, -0.25) is 0 Å². The second kappa shape index (κ2) is 4.37. The van der Waals surface area contributed by atoms with Gasteiger partial charge in [-0.1, -0.05) is 11.6 Å². The number of hydrogen-bond acceptors (Lipinski definition) is 2. The molecule has 0 saturated carbocycles. The Hall–Kier alpha value is -0.800. The lowest BCUT2D eigenvalue weighted by Gasteiger charge is -2.27. The summed E-state index contributed by atoms with van der Waals surface area (Å²) in [4.78, 5) is 0. The summed E-state index contributed by atoms with van der Waals surface area (Å²) < 4.78 is 13.0. The first-order valence-corrected chi connectivity index (χ1v) is 5.12. The molecule has 1 aromatic carbocycles. The molecule has 1 unspecified atom stereocenters. The van der Waals surface area contributed by atoms with E-state index in [-0.39, 0.29) is 6.04 Å². The van der Waals surface area contributed by atoms with Crippen LogP contribution < -0.4 is 5.32 Å². The summed E-state index contributed by atoms with van der Waals surface area (Å²) in [5, 5.41) is 13.0. The Morgan fingerprint density at radius 2 is 2.00 bits per heavy atom. The van der Waals surface area contributed by atoms with Crippen LogP contribution in [0.25, 0.3) is 0 Å². The summed E-state index contributed by atoms with van der Waals surface area (Å²) in [6.45, 7) is 5.19. The van der Waals surface area contributed by atoms with Crippen molar-refractivity contribution in [1.82, 2.24) is 0 Å². The fourth-order valence-electron chi connectivity index (χ4n) is 1.06. The molecule has 2 nitrogen and oxygen atoms in total. The van der Waals surface area contributed by atoms with Crippen LogP contribution in [0.1, 0.15) is 20.8 Å². The van der Waals surface area contributed by atoms with Gasteiger partial charge in [0.05, 0.1) is 11.6 Å². The van der Waals surface area contributed by atoms with Crippen molar-refractivity contribution in [1.29, 1.82) is 0 Å². The molecular weight excluding hydrogens is 217 g/mol. The third-order valence-corrected chi connectivity index (χ3v) is 2.52. The van der Waals surface area contributed by atoms with E-state index in [1.807, 2.05) is 6.92 Å². The van der Waals surface area contributed by atoms with Crippen molar-refractivity contribution in [3.05, 3.63) is 29.0 Å². The number of rotatable bonds is 3. The zero-order valence-corrected chi connectivity index (χ0v) is 9.77. The van der Waals surface area contributed by atoms with Gasteiger partial charge in [0.15, 0.2) is 0 Å². The van der Waals surface area contributed by atoms with E-state index in [1.54, 1.807) is 19.9 Å². The molecule has 0 saturated heterocycles. The van der Waals surface area contributed by atoms with E-state index < -0.39 is 11.4 Å². The molecule has 0 aromatic heterocycles. The molecule has 84 valence electrons. The van der Waals surface area contributed by atoms with E-state index in [9.17, 15) is 9.50 Å². The van der Waals surface area contributed by atoms with Gasteiger partial charge in [-0.25, -0.2) is 4.39 Å². The molecule has 0 heterocycles. The van der Waals surface area contributed by atoms with Gasteiger partial charge in [0, 0.05) is 10.7 Å². The van der Waals surface area contributed by atoms with Crippen LogP contribution in [0.3, 0.4) is 0 Å². The van der Waals surface area contributed by atoms with E-state index >= 15 is 0 Å². The highest BCUT2D eigenvalue weighted by atomic mass is 35.5. The maximum Gasteiger partial charge on any atom is 0.126 e. The lowest BCUT2D eigenvalue weighted by molar-refractivity contribution is 0.0649. The zero-order chi connectivity index (χ0) is 11.6. The van der Waals surface area contributed by atoms with Crippen molar-refractivity contribution in [2.45, 2.75) is 32.4 Å². The first kappa shape index (κ1) is 12.3. The third-order valence-electron chi connectivity index (χ3n) is 2.31. The van der Waals surface area contributed by atoms with Crippen LogP contribution >= 0.6 is 11.6 Å². The second-order valence-corrected chi connectivity index (χ2v) is 4.61. The van der Waals surface area contributed by atoms with Crippen molar-refractivity contribution >= 4 is 17.3 Å². The first-order valence-electron chi connectivity index (χ1n) is 4.74. The number of aliphatic hydroxyl groups is 1. The summed E-state index contributed by atoms with van der Waals surface area (Å²) in [6, 6.07) is 4.00. The van der Waals surface area contributed by atoms with Gasteiger partial charge in [0.1, 0.15) is 5.82 Å². The molecule has 2 N–H and O–H groups in total. The van der Waals surface area contributed by atoms with E-state index in [0.29, 0.717) is 10.7 Å². The van der Waals surface area contributed by atoms with E-state index in [0.717, 1.165) is 0 Å². The Bertz CT molecular complexity index is 329. The molecule has 1 rings (SSSR count). The van der Waals surface area contributed by atoms with Crippen molar-refractivity contribution < 1.29 is 9.50 Å².